The van der Waals surface area contributed by atoms with Gasteiger partial charge in [-0.15, -0.1) is 0 Å². The Morgan fingerprint density at radius 2 is 1.97 bits per heavy atom. The van der Waals surface area contributed by atoms with Crippen LogP contribution in [0.1, 0.15) is 40.0 Å². The molecule has 2 atom stereocenters. The number of carbonyl (C=O) groups excluding carboxylic acids is 2. The number of nitrogens with one attached hydrogen (secondary N) is 3. The molecule has 0 saturated heterocycles. The molecule has 0 aliphatic heterocycles. The molecule has 0 saturated carbocycles. The lowest BCUT2D eigenvalue weighted by atomic mass is 10.0. The Labute approximate surface area is 184 Å². The van der Waals surface area contributed by atoms with Crippen LogP contribution in [0.25, 0.3) is 10.9 Å². The minimum Gasteiger partial charge on any atom is -0.497 e. The third-order valence-electron chi connectivity index (χ3n) is 4.94. The smallest absolute Gasteiger partial charge is 0.239 e. The highest BCUT2D eigenvalue weighted by atomic mass is 16.5. The molecule has 8 nitrogen and oxygen atoms in total. The topological polar surface area (TPSA) is 118 Å². The molecule has 1 aromatic heterocycles. The van der Waals surface area contributed by atoms with Gasteiger partial charge < -0.3 is 26.4 Å². The van der Waals surface area contributed by atoms with Crippen LogP contribution in [-0.2, 0) is 9.59 Å². The van der Waals surface area contributed by atoms with E-state index >= 15 is 0 Å². The van der Waals surface area contributed by atoms with Crippen molar-refractivity contribution in [3.05, 3.63) is 30.5 Å². The summed E-state index contributed by atoms with van der Waals surface area (Å²) in [5, 5.41) is 9.92. The Bertz CT molecular complexity index is 871. The number of hydrogen-bond acceptors (Lipinski definition) is 6. The van der Waals surface area contributed by atoms with Crippen molar-refractivity contribution in [3.63, 3.8) is 0 Å². The lowest BCUT2D eigenvalue weighted by Gasteiger charge is -2.18. The molecule has 0 spiro atoms. The number of pyridine rings is 1. The maximum absolute atomic E-state index is 11.9. The largest absolute Gasteiger partial charge is 0.497 e. The average molecular weight is 430 g/mol. The minimum atomic E-state index is -0.582. The van der Waals surface area contributed by atoms with Gasteiger partial charge in [-0.25, -0.2) is 0 Å². The molecule has 31 heavy (non-hydrogen) atoms. The zero-order chi connectivity index (χ0) is 22.8. The van der Waals surface area contributed by atoms with Gasteiger partial charge in [0.05, 0.1) is 30.9 Å². The van der Waals surface area contributed by atoms with Crippen LogP contribution in [0.15, 0.2) is 30.5 Å². The third-order valence-corrected chi connectivity index (χ3v) is 4.94. The summed E-state index contributed by atoms with van der Waals surface area (Å²) < 4.78 is 5.39. The average Bonchev–Trinajstić information content (AvgIpc) is 2.74. The number of nitrogens with two attached hydrogens (primary N) is 1. The molecular weight excluding hydrogens is 394 g/mol. The monoisotopic (exact) mass is 429 g/mol. The molecule has 0 fully saturated rings. The number of aromatic nitrogens is 1. The van der Waals surface area contributed by atoms with Crippen LogP contribution < -0.4 is 26.4 Å². The standard InChI is InChI=1S/C23H35N5O3/c1-15(2)11-19(24)23(30)27-14-21(29)25-9-5-7-16(3)28-20-13-18(31-4)12-17-8-6-10-26-22(17)20/h6,8,10,12-13,15-16,19,28H,5,7,9,11,14,24H2,1-4H3,(H,25,29)(H,27,30)/t16?,19-/m0/s1. The van der Waals surface area contributed by atoms with Crippen molar-refractivity contribution in [2.24, 2.45) is 11.7 Å². The Balaban J connectivity index is 1.73. The third kappa shape index (κ3) is 8.05. The zero-order valence-corrected chi connectivity index (χ0v) is 18.9. The minimum absolute atomic E-state index is 0.0557. The molecule has 8 heteroatoms. The fourth-order valence-corrected chi connectivity index (χ4v) is 3.34. The van der Waals surface area contributed by atoms with E-state index < -0.39 is 6.04 Å². The summed E-state index contributed by atoms with van der Waals surface area (Å²) in [7, 11) is 1.65. The van der Waals surface area contributed by atoms with E-state index in [0.717, 1.165) is 35.2 Å². The van der Waals surface area contributed by atoms with Crippen LogP contribution in [0.4, 0.5) is 5.69 Å². The number of anilines is 1. The molecule has 0 aliphatic carbocycles. The van der Waals surface area contributed by atoms with E-state index in [9.17, 15) is 9.59 Å². The van der Waals surface area contributed by atoms with Crippen molar-refractivity contribution in [1.82, 2.24) is 15.6 Å². The first kappa shape index (κ1) is 24.4. The molecule has 2 aromatic rings. The summed E-state index contributed by atoms with van der Waals surface area (Å²) in [6.07, 6.45) is 4.03. The van der Waals surface area contributed by atoms with Crippen molar-refractivity contribution in [2.75, 3.05) is 25.5 Å². The van der Waals surface area contributed by atoms with Gasteiger partial charge in [0.15, 0.2) is 0 Å². The van der Waals surface area contributed by atoms with Crippen molar-refractivity contribution >= 4 is 28.4 Å². The second kappa shape index (κ2) is 12.1. The molecule has 1 heterocycles. The summed E-state index contributed by atoms with van der Waals surface area (Å²) in [5.41, 5.74) is 7.63. The highest BCUT2D eigenvalue weighted by Gasteiger charge is 2.15. The fourth-order valence-electron chi connectivity index (χ4n) is 3.34. The second-order valence-electron chi connectivity index (χ2n) is 8.24. The van der Waals surface area contributed by atoms with E-state index in [4.69, 9.17) is 10.5 Å². The predicted molar refractivity (Wildman–Crippen MR) is 124 cm³/mol. The fraction of sp³-hybridized carbons (Fsp3) is 0.522. The molecule has 2 amide bonds. The predicted octanol–water partition coefficient (Wildman–Crippen LogP) is 2.43. The van der Waals surface area contributed by atoms with E-state index in [0.29, 0.717) is 18.9 Å². The van der Waals surface area contributed by atoms with Gasteiger partial charge in [0, 0.05) is 30.2 Å². The Kier molecular flexibility index (Phi) is 9.52. The lowest BCUT2D eigenvalue weighted by molar-refractivity contribution is -0.127. The number of nitrogens with zero attached hydrogens (tertiary/aromatic N) is 1. The van der Waals surface area contributed by atoms with E-state index in [1.807, 2.05) is 38.1 Å². The summed E-state index contributed by atoms with van der Waals surface area (Å²) >= 11 is 0. The van der Waals surface area contributed by atoms with Crippen molar-refractivity contribution < 1.29 is 14.3 Å². The quantitative estimate of drug-likeness (QED) is 0.385. The van der Waals surface area contributed by atoms with Crippen LogP contribution in [0.2, 0.25) is 0 Å². The van der Waals surface area contributed by atoms with Crippen LogP contribution in [0.5, 0.6) is 5.75 Å². The number of carbonyl (C=O) groups is 2. The van der Waals surface area contributed by atoms with Gasteiger partial charge in [0.1, 0.15) is 5.75 Å². The summed E-state index contributed by atoms with van der Waals surface area (Å²) in [4.78, 5) is 28.3. The molecule has 170 valence electrons. The van der Waals surface area contributed by atoms with Crippen LogP contribution in [-0.4, -0.2) is 49.1 Å². The first-order chi connectivity index (χ1) is 14.8. The van der Waals surface area contributed by atoms with E-state index in [2.05, 4.69) is 27.9 Å². The van der Waals surface area contributed by atoms with Crippen LogP contribution in [0.3, 0.4) is 0 Å². The van der Waals surface area contributed by atoms with Crippen LogP contribution in [0, 0.1) is 5.92 Å². The van der Waals surface area contributed by atoms with E-state index in [1.165, 1.54) is 0 Å². The second-order valence-corrected chi connectivity index (χ2v) is 8.24. The molecule has 0 aliphatic rings. The van der Waals surface area contributed by atoms with Gasteiger partial charge in [0.2, 0.25) is 11.8 Å². The first-order valence-electron chi connectivity index (χ1n) is 10.8. The Morgan fingerprint density at radius 1 is 1.19 bits per heavy atom. The van der Waals surface area contributed by atoms with Crippen LogP contribution >= 0.6 is 0 Å². The Hall–Kier alpha value is -2.87. The molecule has 0 bridgehead atoms. The summed E-state index contributed by atoms with van der Waals surface area (Å²) in [6, 6.07) is 7.41. The SMILES string of the molecule is COc1cc(NC(C)CCCNC(=O)CNC(=O)[C@@H](N)CC(C)C)c2ncccc2c1. The van der Waals surface area contributed by atoms with Gasteiger partial charge in [-0.3, -0.25) is 14.6 Å². The van der Waals surface area contributed by atoms with Gasteiger partial charge >= 0.3 is 0 Å². The number of fused-ring (bicyclic) bond motifs is 1. The number of hydrogen-bond donors (Lipinski definition) is 4. The van der Waals surface area contributed by atoms with Crippen molar-refractivity contribution in [3.8, 4) is 5.75 Å². The molecule has 1 aromatic carbocycles. The van der Waals surface area contributed by atoms with Crippen molar-refractivity contribution in [1.29, 1.82) is 0 Å². The summed E-state index contributed by atoms with van der Waals surface area (Å²) in [5.74, 6) is 0.600. The molecule has 0 radical (unpaired) electrons. The van der Waals surface area contributed by atoms with Crippen molar-refractivity contribution in [2.45, 2.75) is 52.1 Å². The maximum atomic E-state index is 11.9. The zero-order valence-electron chi connectivity index (χ0n) is 18.9. The molecule has 2 rings (SSSR count). The number of rotatable bonds is 12. The van der Waals surface area contributed by atoms with E-state index in [-0.39, 0.29) is 24.4 Å². The van der Waals surface area contributed by atoms with Gasteiger partial charge in [-0.1, -0.05) is 19.9 Å². The highest BCUT2D eigenvalue weighted by Crippen LogP contribution is 2.28. The lowest BCUT2D eigenvalue weighted by Crippen LogP contribution is -2.45. The normalized spacial score (nSPS) is 13.0. The van der Waals surface area contributed by atoms with Gasteiger partial charge in [-0.05, 0) is 44.2 Å². The molecular formula is C23H35N5O3. The highest BCUT2D eigenvalue weighted by molar-refractivity contribution is 5.92. The first-order valence-corrected chi connectivity index (χ1v) is 10.8. The van der Waals surface area contributed by atoms with Gasteiger partial charge in [0.25, 0.3) is 0 Å². The van der Waals surface area contributed by atoms with Gasteiger partial charge in [-0.2, -0.15) is 0 Å². The molecule has 5 N–H and O–H groups in total. The summed E-state index contributed by atoms with van der Waals surface area (Å²) in [6.45, 7) is 6.58. The number of ether oxygens (including phenoxy) is 1. The number of methoxy groups -OCH3 is 1. The Morgan fingerprint density at radius 3 is 2.68 bits per heavy atom. The molecule has 1 unspecified atom stereocenters. The maximum Gasteiger partial charge on any atom is 0.239 e. The number of benzene rings is 1. The van der Waals surface area contributed by atoms with E-state index in [1.54, 1.807) is 13.3 Å². The number of amides is 2.